The van der Waals surface area contributed by atoms with Gasteiger partial charge in [-0.15, -0.1) is 11.3 Å². The number of ether oxygens (including phenoxy) is 1. The van der Waals surface area contributed by atoms with Gasteiger partial charge in [-0.3, -0.25) is 19.7 Å². The first-order chi connectivity index (χ1) is 21.4. The number of aromatic nitrogens is 5. The number of fused-ring (bicyclic) bond motifs is 3. The molecule has 0 spiro atoms. The Morgan fingerprint density at radius 1 is 1.14 bits per heavy atom. The molecule has 2 fully saturated rings. The summed E-state index contributed by atoms with van der Waals surface area (Å²) in [5, 5.41) is 11.3. The lowest BCUT2D eigenvalue weighted by molar-refractivity contribution is -0.118. The highest BCUT2D eigenvalue weighted by Gasteiger charge is 2.37. The number of imidazole rings is 1. The number of likely N-dealkylation sites (tertiary alicyclic amines) is 1. The van der Waals surface area contributed by atoms with Crippen molar-refractivity contribution in [2.45, 2.75) is 31.7 Å². The van der Waals surface area contributed by atoms with Crippen LogP contribution in [-0.4, -0.2) is 67.6 Å². The van der Waals surface area contributed by atoms with Crippen molar-refractivity contribution < 1.29 is 13.9 Å². The Hall–Kier alpha value is -3.35. The number of anilines is 1. The summed E-state index contributed by atoms with van der Waals surface area (Å²) < 4.78 is 23.2. The Kier molecular flexibility index (Phi) is 7.18. The molecule has 0 bridgehead atoms. The zero-order valence-electron chi connectivity index (χ0n) is 23.5. The summed E-state index contributed by atoms with van der Waals surface area (Å²) in [7, 11) is 0. The monoisotopic (exact) mass is 651 g/mol. The molecule has 8 rings (SSSR count). The molecule has 3 aliphatic heterocycles. The van der Waals surface area contributed by atoms with Crippen LogP contribution in [-0.2, 0) is 29.0 Å². The molecule has 2 aromatic carbocycles. The first-order valence-corrected chi connectivity index (χ1v) is 16.2. The minimum Gasteiger partial charge on any atom is -0.381 e. The van der Waals surface area contributed by atoms with Gasteiger partial charge in [0.05, 0.1) is 41.8 Å². The molecule has 0 aliphatic carbocycles. The quantitative estimate of drug-likeness (QED) is 0.237. The first kappa shape index (κ1) is 28.1. The largest absolute Gasteiger partial charge is 0.381 e. The van der Waals surface area contributed by atoms with E-state index in [1.54, 1.807) is 28.7 Å². The number of halogens is 3. The SMILES string of the molecule is O=C(Nc1nccs1)C(c1ncn2c1C[C@@H](F)C2)n1cc2c(Cl)cc(-c3ccc(CN4C[C@H]5COC[C@H]5C4)cc3)c(Cl)c2n1. The van der Waals surface area contributed by atoms with Gasteiger partial charge in [-0.1, -0.05) is 47.5 Å². The second kappa shape index (κ2) is 11.2. The van der Waals surface area contributed by atoms with E-state index in [0.717, 1.165) is 44.0 Å². The van der Waals surface area contributed by atoms with Crippen LogP contribution in [0.3, 0.4) is 0 Å². The number of hydrogen-bond acceptors (Lipinski definition) is 7. The topological polar surface area (TPSA) is 90.1 Å². The van der Waals surface area contributed by atoms with Crippen molar-refractivity contribution in [1.29, 1.82) is 0 Å². The number of rotatable bonds is 7. The van der Waals surface area contributed by atoms with Crippen LogP contribution in [0.25, 0.3) is 22.0 Å². The molecule has 5 aromatic rings. The maximum Gasteiger partial charge on any atom is 0.257 e. The van der Waals surface area contributed by atoms with Gasteiger partial charge in [0.1, 0.15) is 11.7 Å². The van der Waals surface area contributed by atoms with Crippen LogP contribution in [0.1, 0.15) is 23.0 Å². The van der Waals surface area contributed by atoms with E-state index in [1.807, 2.05) is 6.07 Å². The van der Waals surface area contributed by atoms with Gasteiger partial charge in [-0.25, -0.2) is 14.4 Å². The second-order valence-electron chi connectivity index (χ2n) is 11.8. The van der Waals surface area contributed by atoms with Crippen molar-refractivity contribution in [2.24, 2.45) is 11.8 Å². The predicted octanol–water partition coefficient (Wildman–Crippen LogP) is 5.86. The molecule has 6 heterocycles. The van der Waals surface area contributed by atoms with Crippen molar-refractivity contribution in [2.75, 3.05) is 31.6 Å². The Balaban J connectivity index is 1.12. The Labute approximate surface area is 266 Å². The molecule has 2 saturated heterocycles. The van der Waals surface area contributed by atoms with E-state index < -0.39 is 18.1 Å². The van der Waals surface area contributed by atoms with E-state index in [4.69, 9.17) is 33.0 Å². The summed E-state index contributed by atoms with van der Waals surface area (Å²) in [6, 6.07) is 9.22. The second-order valence-corrected chi connectivity index (χ2v) is 13.5. The molecular formula is C31H28Cl2FN7O2S. The molecule has 0 saturated carbocycles. The molecule has 4 atom stereocenters. The maximum absolute atomic E-state index is 14.3. The van der Waals surface area contributed by atoms with Gasteiger partial charge in [-0.05, 0) is 17.2 Å². The zero-order chi connectivity index (χ0) is 29.9. The van der Waals surface area contributed by atoms with Crippen LogP contribution >= 0.6 is 34.5 Å². The lowest BCUT2D eigenvalue weighted by atomic mass is 10.0. The number of thiazole rings is 1. The van der Waals surface area contributed by atoms with Crippen LogP contribution in [0.5, 0.6) is 0 Å². The number of hydrogen-bond donors (Lipinski definition) is 1. The number of nitrogens with one attached hydrogen (secondary N) is 1. The number of alkyl halides is 1. The Morgan fingerprint density at radius 2 is 1.93 bits per heavy atom. The standard InChI is InChI=1S/C31H28Cl2FN7O2S/c32-24-8-22(18-3-1-17(2-4-18)9-39-10-19-14-43-15-20(19)11-39)26(33)27-23(24)13-41(38-27)29(30(42)37-31-35-5-6-44-31)28-25-7-21(34)12-40(25)16-36-28/h1-6,8,13,16,19-21,29H,7,9-12,14-15H2,(H,35,37,42)/t19-,20+,21-,29?/m1/s1. The summed E-state index contributed by atoms with van der Waals surface area (Å²) in [5.74, 6) is 0.902. The van der Waals surface area contributed by atoms with Crippen LogP contribution < -0.4 is 5.32 Å². The van der Waals surface area contributed by atoms with Crippen molar-refractivity contribution in [3.63, 3.8) is 0 Å². The third-order valence-corrected chi connectivity index (χ3v) is 10.3. The smallest absolute Gasteiger partial charge is 0.257 e. The Morgan fingerprint density at radius 3 is 2.68 bits per heavy atom. The van der Waals surface area contributed by atoms with Crippen molar-refractivity contribution in [3.8, 4) is 11.1 Å². The Bertz CT molecular complexity index is 1850. The zero-order valence-corrected chi connectivity index (χ0v) is 25.8. The summed E-state index contributed by atoms with van der Waals surface area (Å²) in [6.45, 7) is 5.00. The first-order valence-electron chi connectivity index (χ1n) is 14.6. The molecule has 226 valence electrons. The molecule has 0 radical (unpaired) electrons. The predicted molar refractivity (Wildman–Crippen MR) is 168 cm³/mol. The molecule has 44 heavy (non-hydrogen) atoms. The van der Waals surface area contributed by atoms with E-state index >= 15 is 0 Å². The van der Waals surface area contributed by atoms with Crippen molar-refractivity contribution in [3.05, 3.63) is 81.4 Å². The normalized spacial score (nSPS) is 22.0. The van der Waals surface area contributed by atoms with Crippen LogP contribution in [0, 0.1) is 11.8 Å². The highest BCUT2D eigenvalue weighted by atomic mass is 35.5. The highest BCUT2D eigenvalue weighted by Crippen LogP contribution is 2.40. The van der Waals surface area contributed by atoms with Crippen LogP contribution in [0.4, 0.5) is 9.52 Å². The average molecular weight is 653 g/mol. The molecule has 9 nitrogen and oxygen atoms in total. The molecule has 13 heteroatoms. The number of nitrogens with zero attached hydrogens (tertiary/aromatic N) is 6. The van der Waals surface area contributed by atoms with E-state index in [9.17, 15) is 9.18 Å². The highest BCUT2D eigenvalue weighted by molar-refractivity contribution is 7.13. The van der Waals surface area contributed by atoms with Gasteiger partial charge >= 0.3 is 0 Å². The number of carbonyl (C=O) groups excluding carboxylic acids is 1. The summed E-state index contributed by atoms with van der Waals surface area (Å²) >= 11 is 15.1. The van der Waals surface area contributed by atoms with Gasteiger partial charge in [-0.2, -0.15) is 5.10 Å². The summed E-state index contributed by atoms with van der Waals surface area (Å²) in [6.07, 6.45) is 4.02. The fourth-order valence-electron chi connectivity index (χ4n) is 6.77. The molecule has 1 N–H and O–H groups in total. The van der Waals surface area contributed by atoms with E-state index in [2.05, 4.69) is 44.5 Å². The summed E-state index contributed by atoms with van der Waals surface area (Å²) in [4.78, 5) is 24.9. The van der Waals surface area contributed by atoms with E-state index in [1.165, 1.54) is 21.6 Å². The maximum atomic E-state index is 14.3. The van der Waals surface area contributed by atoms with Crippen LogP contribution in [0.15, 0.2) is 54.4 Å². The molecule has 3 aromatic heterocycles. The van der Waals surface area contributed by atoms with E-state index in [0.29, 0.717) is 49.3 Å². The van der Waals surface area contributed by atoms with Crippen molar-refractivity contribution in [1.82, 2.24) is 29.2 Å². The van der Waals surface area contributed by atoms with Crippen LogP contribution in [0.2, 0.25) is 10.0 Å². The summed E-state index contributed by atoms with van der Waals surface area (Å²) in [5.41, 5.74) is 4.47. The minimum atomic E-state index is -1.03. The van der Waals surface area contributed by atoms with Gasteiger partial charge in [0.2, 0.25) is 0 Å². The number of amides is 1. The molecular weight excluding hydrogens is 624 g/mol. The average Bonchev–Trinajstić information content (AvgIpc) is 3.83. The minimum absolute atomic E-state index is 0.173. The van der Waals surface area contributed by atoms with Gasteiger partial charge in [0, 0.05) is 72.3 Å². The van der Waals surface area contributed by atoms with Gasteiger partial charge in [0.15, 0.2) is 11.2 Å². The third kappa shape index (κ3) is 5.00. The number of benzene rings is 2. The molecule has 3 aliphatic rings. The fraction of sp³-hybridized carbons (Fsp3) is 0.355. The molecule has 1 amide bonds. The van der Waals surface area contributed by atoms with Gasteiger partial charge < -0.3 is 9.30 Å². The molecule has 1 unspecified atom stereocenters. The number of carbonyl (C=O) groups is 1. The van der Waals surface area contributed by atoms with Gasteiger partial charge in [0.25, 0.3) is 5.91 Å². The van der Waals surface area contributed by atoms with E-state index in [-0.39, 0.29) is 13.0 Å². The lowest BCUT2D eigenvalue weighted by Crippen LogP contribution is -2.28. The third-order valence-electron chi connectivity index (χ3n) is 8.91. The lowest BCUT2D eigenvalue weighted by Gasteiger charge is -2.17. The van der Waals surface area contributed by atoms with Crippen molar-refractivity contribution >= 4 is 56.5 Å². The fourth-order valence-corrected chi connectivity index (χ4v) is 7.86.